The number of anilines is 1. The first-order chi connectivity index (χ1) is 13.1. The first-order valence-corrected chi connectivity index (χ1v) is 8.33. The van der Waals surface area contributed by atoms with Gasteiger partial charge in [-0.05, 0) is 55.5 Å². The standard InChI is InChI=1S/C22H18N2O3/c1-15-3-7-18(8-4-15)24-22(25)17(14-23)13-20-11-12-21(27-20)16-5-9-19(26-2)10-6-16/h3-13H,1-2H3,(H,24,25)/b17-13-. The van der Waals surface area contributed by atoms with Crippen LogP contribution in [0.1, 0.15) is 11.3 Å². The molecule has 1 amide bonds. The zero-order valence-corrected chi connectivity index (χ0v) is 15.0. The molecule has 0 saturated heterocycles. The summed E-state index contributed by atoms with van der Waals surface area (Å²) in [5.41, 5.74) is 2.56. The molecule has 3 rings (SSSR count). The van der Waals surface area contributed by atoms with Crippen LogP contribution in [0, 0.1) is 18.3 Å². The van der Waals surface area contributed by atoms with Crippen LogP contribution in [0.5, 0.6) is 5.75 Å². The highest BCUT2D eigenvalue weighted by Crippen LogP contribution is 2.25. The van der Waals surface area contributed by atoms with Gasteiger partial charge in [0.05, 0.1) is 7.11 Å². The predicted octanol–water partition coefficient (Wildman–Crippen LogP) is 4.81. The van der Waals surface area contributed by atoms with Gasteiger partial charge in [-0.1, -0.05) is 17.7 Å². The van der Waals surface area contributed by atoms with Crippen LogP contribution in [0.15, 0.2) is 70.7 Å². The molecule has 0 aliphatic rings. The third-order valence-corrected chi connectivity index (χ3v) is 3.96. The molecule has 0 aliphatic carbocycles. The first-order valence-electron chi connectivity index (χ1n) is 8.33. The summed E-state index contributed by atoms with van der Waals surface area (Å²) in [5.74, 6) is 1.34. The highest BCUT2D eigenvalue weighted by molar-refractivity contribution is 6.09. The highest BCUT2D eigenvalue weighted by Gasteiger charge is 2.11. The molecule has 1 aromatic heterocycles. The molecule has 1 heterocycles. The van der Waals surface area contributed by atoms with Gasteiger partial charge in [-0.25, -0.2) is 0 Å². The van der Waals surface area contributed by atoms with Gasteiger partial charge >= 0.3 is 0 Å². The minimum Gasteiger partial charge on any atom is -0.497 e. The fourth-order valence-corrected chi connectivity index (χ4v) is 2.47. The minimum absolute atomic E-state index is 0.0359. The van der Waals surface area contributed by atoms with E-state index in [-0.39, 0.29) is 5.57 Å². The average molecular weight is 358 g/mol. The van der Waals surface area contributed by atoms with E-state index in [2.05, 4.69) is 5.32 Å². The number of benzene rings is 2. The number of methoxy groups -OCH3 is 1. The van der Waals surface area contributed by atoms with Gasteiger partial charge in [0.2, 0.25) is 0 Å². The second-order valence-electron chi connectivity index (χ2n) is 5.92. The molecule has 134 valence electrons. The van der Waals surface area contributed by atoms with Crippen molar-refractivity contribution in [2.45, 2.75) is 6.92 Å². The number of nitriles is 1. The number of furan rings is 1. The van der Waals surface area contributed by atoms with E-state index in [0.717, 1.165) is 16.9 Å². The van der Waals surface area contributed by atoms with Gasteiger partial charge in [-0.2, -0.15) is 5.26 Å². The monoisotopic (exact) mass is 358 g/mol. The second-order valence-corrected chi connectivity index (χ2v) is 5.92. The van der Waals surface area contributed by atoms with E-state index < -0.39 is 5.91 Å². The van der Waals surface area contributed by atoms with Crippen molar-refractivity contribution in [3.05, 3.63) is 77.6 Å². The molecule has 1 N–H and O–H groups in total. The van der Waals surface area contributed by atoms with Crippen molar-refractivity contribution in [3.8, 4) is 23.1 Å². The lowest BCUT2D eigenvalue weighted by Crippen LogP contribution is -2.13. The molecule has 0 aliphatic heterocycles. The summed E-state index contributed by atoms with van der Waals surface area (Å²) >= 11 is 0. The van der Waals surface area contributed by atoms with Gasteiger partial charge in [0.15, 0.2) is 0 Å². The van der Waals surface area contributed by atoms with E-state index >= 15 is 0 Å². The van der Waals surface area contributed by atoms with Crippen LogP contribution in [0.4, 0.5) is 5.69 Å². The number of amides is 1. The molecule has 5 nitrogen and oxygen atoms in total. The summed E-state index contributed by atoms with van der Waals surface area (Å²) in [6, 6.07) is 20.2. The molecule has 0 spiro atoms. The molecule has 0 bridgehead atoms. The molecular weight excluding hydrogens is 340 g/mol. The lowest BCUT2D eigenvalue weighted by atomic mass is 10.2. The van der Waals surface area contributed by atoms with Crippen LogP contribution in [-0.2, 0) is 4.79 Å². The molecule has 3 aromatic rings. The summed E-state index contributed by atoms with van der Waals surface area (Å²) < 4.78 is 10.9. The van der Waals surface area contributed by atoms with Gasteiger partial charge in [-0.15, -0.1) is 0 Å². The number of carbonyl (C=O) groups excluding carboxylic acids is 1. The minimum atomic E-state index is -0.483. The topological polar surface area (TPSA) is 75.3 Å². The Morgan fingerprint density at radius 2 is 1.78 bits per heavy atom. The van der Waals surface area contributed by atoms with Crippen molar-refractivity contribution in [2.24, 2.45) is 0 Å². The Morgan fingerprint density at radius 1 is 1.07 bits per heavy atom. The Balaban J connectivity index is 1.77. The highest BCUT2D eigenvalue weighted by atomic mass is 16.5. The second kappa shape index (κ2) is 8.07. The van der Waals surface area contributed by atoms with Crippen molar-refractivity contribution in [2.75, 3.05) is 12.4 Å². The summed E-state index contributed by atoms with van der Waals surface area (Å²) in [7, 11) is 1.61. The molecule has 0 fully saturated rings. The zero-order valence-electron chi connectivity index (χ0n) is 15.0. The van der Waals surface area contributed by atoms with Gasteiger partial charge in [0.25, 0.3) is 5.91 Å². The van der Waals surface area contributed by atoms with Crippen LogP contribution in [-0.4, -0.2) is 13.0 Å². The van der Waals surface area contributed by atoms with Crippen molar-refractivity contribution in [3.63, 3.8) is 0 Å². The first kappa shape index (κ1) is 18.0. The molecule has 0 unspecified atom stereocenters. The Hall–Kier alpha value is -3.78. The summed E-state index contributed by atoms with van der Waals surface area (Å²) in [4.78, 5) is 12.3. The lowest BCUT2D eigenvalue weighted by Gasteiger charge is -2.04. The van der Waals surface area contributed by atoms with E-state index in [4.69, 9.17) is 9.15 Å². The fraction of sp³-hybridized carbons (Fsp3) is 0.0909. The van der Waals surface area contributed by atoms with E-state index in [1.165, 1.54) is 6.08 Å². The maximum absolute atomic E-state index is 12.3. The van der Waals surface area contributed by atoms with Crippen LogP contribution in [0.2, 0.25) is 0 Å². The average Bonchev–Trinajstić information content (AvgIpc) is 3.16. The predicted molar refractivity (Wildman–Crippen MR) is 104 cm³/mol. The third-order valence-electron chi connectivity index (χ3n) is 3.96. The molecular formula is C22H18N2O3. The number of nitrogens with one attached hydrogen (secondary N) is 1. The summed E-state index contributed by atoms with van der Waals surface area (Å²) in [5, 5.41) is 12.0. The number of nitrogens with zero attached hydrogens (tertiary/aromatic N) is 1. The maximum atomic E-state index is 12.3. The SMILES string of the molecule is COc1ccc(-c2ccc(/C=C(/C#N)C(=O)Nc3ccc(C)cc3)o2)cc1. The maximum Gasteiger partial charge on any atom is 0.266 e. The van der Waals surface area contributed by atoms with E-state index in [0.29, 0.717) is 17.2 Å². The van der Waals surface area contributed by atoms with E-state index in [1.54, 1.807) is 31.4 Å². The van der Waals surface area contributed by atoms with Crippen molar-refractivity contribution >= 4 is 17.7 Å². The number of carbonyl (C=O) groups is 1. The van der Waals surface area contributed by atoms with Crippen molar-refractivity contribution < 1.29 is 13.9 Å². The van der Waals surface area contributed by atoms with E-state index in [1.807, 2.05) is 49.4 Å². The summed E-state index contributed by atoms with van der Waals surface area (Å²) in [6.07, 6.45) is 1.43. The van der Waals surface area contributed by atoms with Crippen LogP contribution in [0.3, 0.4) is 0 Å². The van der Waals surface area contributed by atoms with Crippen LogP contribution < -0.4 is 10.1 Å². The third kappa shape index (κ3) is 4.44. The molecule has 2 aromatic carbocycles. The Bertz CT molecular complexity index is 1010. The Kier molecular flexibility index (Phi) is 5.38. The van der Waals surface area contributed by atoms with Gasteiger partial charge < -0.3 is 14.5 Å². The fourth-order valence-electron chi connectivity index (χ4n) is 2.47. The van der Waals surface area contributed by atoms with Crippen molar-refractivity contribution in [1.82, 2.24) is 0 Å². The Morgan fingerprint density at radius 3 is 2.41 bits per heavy atom. The van der Waals surface area contributed by atoms with Crippen LogP contribution >= 0.6 is 0 Å². The molecule has 0 saturated carbocycles. The lowest BCUT2D eigenvalue weighted by molar-refractivity contribution is -0.112. The van der Waals surface area contributed by atoms with Gasteiger partial charge in [0.1, 0.15) is 28.9 Å². The molecule has 0 radical (unpaired) electrons. The van der Waals surface area contributed by atoms with Crippen LogP contribution in [0.25, 0.3) is 17.4 Å². The quantitative estimate of drug-likeness (QED) is 0.525. The molecule has 5 heteroatoms. The largest absolute Gasteiger partial charge is 0.497 e. The number of ether oxygens (including phenoxy) is 1. The zero-order chi connectivity index (χ0) is 19.2. The Labute approximate surface area is 157 Å². The normalized spacial score (nSPS) is 10.9. The van der Waals surface area contributed by atoms with Gasteiger partial charge in [-0.3, -0.25) is 4.79 Å². The molecule has 0 atom stereocenters. The number of hydrogen-bond donors (Lipinski definition) is 1. The van der Waals surface area contributed by atoms with Crippen molar-refractivity contribution in [1.29, 1.82) is 5.26 Å². The van der Waals surface area contributed by atoms with Gasteiger partial charge in [0, 0.05) is 17.3 Å². The molecule has 27 heavy (non-hydrogen) atoms. The van der Waals surface area contributed by atoms with E-state index in [9.17, 15) is 10.1 Å². The number of rotatable bonds is 5. The summed E-state index contributed by atoms with van der Waals surface area (Å²) in [6.45, 7) is 1.96. The number of aryl methyl sites for hydroxylation is 1. The number of hydrogen-bond acceptors (Lipinski definition) is 4. The smallest absolute Gasteiger partial charge is 0.266 e.